The van der Waals surface area contributed by atoms with E-state index in [-0.39, 0.29) is 25.0 Å². The fourth-order valence-corrected chi connectivity index (χ4v) is 2.21. The van der Waals surface area contributed by atoms with E-state index < -0.39 is 0 Å². The minimum atomic E-state index is -0.365. The number of nitrogens with zero attached hydrogens (tertiary/aromatic N) is 6. The number of hydrazine groups is 1. The second-order valence-electron chi connectivity index (χ2n) is 4.76. The molecule has 3 amide bonds. The zero-order chi connectivity index (χ0) is 15.1. The van der Waals surface area contributed by atoms with Crippen LogP contribution in [0.25, 0.3) is 11.0 Å². The van der Waals surface area contributed by atoms with Crippen molar-refractivity contribution in [1.82, 2.24) is 29.5 Å². The first-order chi connectivity index (χ1) is 10.0. The molecular weight excluding hydrogens is 276 g/mol. The second kappa shape index (κ2) is 4.66. The van der Waals surface area contributed by atoms with Crippen molar-refractivity contribution in [3.05, 3.63) is 12.0 Å². The molecule has 2 aromatic heterocycles. The standard InChI is InChI=1S/C11H14N8O2/c1-17-5-8(20)19(11(17)21)4-7-14-9(16-12)6-3-13-18(2)10(6)15-7/h3H,4-5,12H2,1-2H3,(H,14,15,16). The van der Waals surface area contributed by atoms with Crippen molar-refractivity contribution in [3.63, 3.8) is 0 Å². The fraction of sp³-hybridized carbons (Fsp3) is 0.364. The van der Waals surface area contributed by atoms with Gasteiger partial charge in [0.15, 0.2) is 17.3 Å². The van der Waals surface area contributed by atoms with Crippen molar-refractivity contribution >= 4 is 28.8 Å². The number of likely N-dealkylation sites (N-methyl/N-ethyl adjacent to an activating group) is 1. The SMILES string of the molecule is CN1CC(=O)N(Cc2nc(NN)c3cnn(C)c3n2)C1=O. The Labute approximate surface area is 119 Å². The van der Waals surface area contributed by atoms with Gasteiger partial charge in [0.25, 0.3) is 5.91 Å². The van der Waals surface area contributed by atoms with Crippen molar-refractivity contribution in [2.24, 2.45) is 12.9 Å². The molecule has 1 saturated heterocycles. The summed E-state index contributed by atoms with van der Waals surface area (Å²) < 4.78 is 1.57. The molecule has 1 fully saturated rings. The highest BCUT2D eigenvalue weighted by molar-refractivity contribution is 6.01. The topological polar surface area (TPSA) is 122 Å². The average Bonchev–Trinajstić information content (AvgIpc) is 2.94. The third kappa shape index (κ3) is 2.05. The number of urea groups is 1. The molecule has 0 saturated carbocycles. The van der Waals surface area contributed by atoms with Gasteiger partial charge in [-0.3, -0.25) is 14.4 Å². The summed E-state index contributed by atoms with van der Waals surface area (Å²) >= 11 is 0. The second-order valence-corrected chi connectivity index (χ2v) is 4.76. The number of aryl methyl sites for hydroxylation is 1. The van der Waals surface area contributed by atoms with Gasteiger partial charge in [0.2, 0.25) is 0 Å². The van der Waals surface area contributed by atoms with Crippen LogP contribution >= 0.6 is 0 Å². The van der Waals surface area contributed by atoms with Crippen LogP contribution in [0.4, 0.5) is 10.6 Å². The van der Waals surface area contributed by atoms with Crippen LogP contribution in [-0.2, 0) is 18.4 Å². The largest absolute Gasteiger partial charge is 0.327 e. The minimum absolute atomic E-state index is 0.00218. The van der Waals surface area contributed by atoms with Gasteiger partial charge in [-0.15, -0.1) is 0 Å². The normalized spacial score (nSPS) is 15.4. The van der Waals surface area contributed by atoms with Gasteiger partial charge < -0.3 is 10.3 Å². The number of hydrogen-bond acceptors (Lipinski definition) is 7. The van der Waals surface area contributed by atoms with E-state index in [1.165, 1.54) is 4.90 Å². The van der Waals surface area contributed by atoms with Crippen LogP contribution in [0.2, 0.25) is 0 Å². The highest BCUT2D eigenvalue weighted by Crippen LogP contribution is 2.20. The van der Waals surface area contributed by atoms with Crippen molar-refractivity contribution in [1.29, 1.82) is 0 Å². The van der Waals surface area contributed by atoms with Crippen LogP contribution in [0.15, 0.2) is 6.20 Å². The number of aromatic nitrogens is 4. The highest BCUT2D eigenvalue weighted by Gasteiger charge is 2.34. The quantitative estimate of drug-likeness (QED) is 0.424. The van der Waals surface area contributed by atoms with Gasteiger partial charge in [0.1, 0.15) is 6.54 Å². The van der Waals surface area contributed by atoms with Crippen LogP contribution in [0.1, 0.15) is 5.82 Å². The summed E-state index contributed by atoms with van der Waals surface area (Å²) in [4.78, 5) is 34.7. The molecule has 3 N–H and O–H groups in total. The number of carbonyl (C=O) groups excluding carboxylic acids is 2. The van der Waals surface area contributed by atoms with E-state index in [9.17, 15) is 9.59 Å². The van der Waals surface area contributed by atoms with Crippen molar-refractivity contribution < 1.29 is 9.59 Å². The first-order valence-electron chi connectivity index (χ1n) is 6.22. The highest BCUT2D eigenvalue weighted by atomic mass is 16.2. The van der Waals surface area contributed by atoms with E-state index in [1.807, 2.05) is 0 Å². The number of nitrogen functional groups attached to an aromatic ring is 1. The maximum atomic E-state index is 11.9. The Bertz CT molecular complexity index is 739. The lowest BCUT2D eigenvalue weighted by Crippen LogP contribution is -2.32. The maximum absolute atomic E-state index is 11.9. The molecule has 3 rings (SSSR count). The number of carbonyl (C=O) groups is 2. The van der Waals surface area contributed by atoms with E-state index in [4.69, 9.17) is 5.84 Å². The number of imide groups is 1. The van der Waals surface area contributed by atoms with Crippen LogP contribution in [0.3, 0.4) is 0 Å². The van der Waals surface area contributed by atoms with E-state index in [0.717, 1.165) is 4.90 Å². The number of nitrogens with one attached hydrogen (secondary N) is 1. The number of rotatable bonds is 3. The first-order valence-corrected chi connectivity index (χ1v) is 6.22. The monoisotopic (exact) mass is 290 g/mol. The lowest BCUT2D eigenvalue weighted by Gasteiger charge is -2.13. The van der Waals surface area contributed by atoms with Crippen LogP contribution < -0.4 is 11.3 Å². The average molecular weight is 290 g/mol. The molecule has 0 aliphatic carbocycles. The Kier molecular flexibility index (Phi) is 2.94. The molecule has 0 aromatic carbocycles. The molecule has 10 nitrogen and oxygen atoms in total. The van der Waals surface area contributed by atoms with Gasteiger partial charge in [-0.05, 0) is 0 Å². The van der Waals surface area contributed by atoms with E-state index >= 15 is 0 Å². The Balaban J connectivity index is 1.99. The first kappa shape index (κ1) is 13.2. The number of fused-ring (bicyclic) bond motifs is 1. The van der Waals surface area contributed by atoms with E-state index in [2.05, 4.69) is 20.5 Å². The molecule has 2 aromatic rings. The fourth-order valence-electron chi connectivity index (χ4n) is 2.21. The Morgan fingerprint density at radius 1 is 1.33 bits per heavy atom. The summed E-state index contributed by atoms with van der Waals surface area (Å²) in [6.07, 6.45) is 1.59. The molecule has 21 heavy (non-hydrogen) atoms. The molecule has 0 atom stereocenters. The van der Waals surface area contributed by atoms with Crippen LogP contribution in [0.5, 0.6) is 0 Å². The maximum Gasteiger partial charge on any atom is 0.327 e. The molecule has 0 unspecified atom stereocenters. The summed E-state index contributed by atoms with van der Waals surface area (Å²) in [6, 6.07) is -0.365. The third-order valence-electron chi connectivity index (χ3n) is 3.31. The number of anilines is 1. The summed E-state index contributed by atoms with van der Waals surface area (Å²) in [5.41, 5.74) is 3.05. The Morgan fingerprint density at radius 2 is 2.10 bits per heavy atom. The summed E-state index contributed by atoms with van der Waals surface area (Å²) in [5.74, 6) is 5.88. The third-order valence-corrected chi connectivity index (χ3v) is 3.31. The molecular formula is C11H14N8O2. The molecule has 110 valence electrons. The number of nitrogens with two attached hydrogens (primary N) is 1. The van der Waals surface area contributed by atoms with Crippen molar-refractivity contribution in [3.8, 4) is 0 Å². The predicted octanol–water partition coefficient (Wildman–Crippen LogP) is -0.957. The molecule has 1 aliphatic heterocycles. The van der Waals surface area contributed by atoms with Gasteiger partial charge in [-0.2, -0.15) is 5.10 Å². The van der Waals surface area contributed by atoms with Gasteiger partial charge in [0.05, 0.1) is 18.1 Å². The predicted molar refractivity (Wildman–Crippen MR) is 72.7 cm³/mol. The van der Waals surface area contributed by atoms with E-state index in [0.29, 0.717) is 22.7 Å². The van der Waals surface area contributed by atoms with Crippen molar-refractivity contribution in [2.75, 3.05) is 19.0 Å². The van der Waals surface area contributed by atoms with Crippen LogP contribution in [0, 0.1) is 0 Å². The Morgan fingerprint density at radius 3 is 2.71 bits per heavy atom. The molecule has 0 bridgehead atoms. The summed E-state index contributed by atoms with van der Waals surface area (Å²) in [6.45, 7) is 0.0621. The molecule has 3 heterocycles. The zero-order valence-electron chi connectivity index (χ0n) is 11.6. The number of hydrogen-bond donors (Lipinski definition) is 2. The molecule has 10 heteroatoms. The van der Waals surface area contributed by atoms with Gasteiger partial charge in [-0.1, -0.05) is 0 Å². The van der Waals surface area contributed by atoms with Gasteiger partial charge in [-0.25, -0.2) is 20.6 Å². The van der Waals surface area contributed by atoms with Crippen LogP contribution in [-0.4, -0.2) is 55.1 Å². The molecule has 1 aliphatic rings. The minimum Gasteiger partial charge on any atom is -0.318 e. The lowest BCUT2D eigenvalue weighted by molar-refractivity contribution is -0.125. The smallest absolute Gasteiger partial charge is 0.318 e. The van der Waals surface area contributed by atoms with Crippen molar-refractivity contribution in [2.45, 2.75) is 6.54 Å². The summed E-state index contributed by atoms with van der Waals surface area (Å²) in [7, 11) is 3.30. The lowest BCUT2D eigenvalue weighted by atomic mass is 10.3. The van der Waals surface area contributed by atoms with Gasteiger partial charge >= 0.3 is 6.03 Å². The zero-order valence-corrected chi connectivity index (χ0v) is 11.6. The summed E-state index contributed by atoms with van der Waals surface area (Å²) in [5, 5.41) is 4.75. The molecule has 0 spiro atoms. The van der Waals surface area contributed by atoms with E-state index in [1.54, 1.807) is 25.0 Å². The Hall–Kier alpha value is -2.75. The molecule has 0 radical (unpaired) electrons. The number of amides is 3. The van der Waals surface area contributed by atoms with Gasteiger partial charge in [0, 0.05) is 14.1 Å².